The molecule has 1 amide bonds. The average molecular weight is 277 g/mol. The fraction of sp³-hybridized carbons (Fsp3) is 0.500. The van der Waals surface area contributed by atoms with Gasteiger partial charge in [-0.3, -0.25) is 14.9 Å². The van der Waals surface area contributed by atoms with Crippen LogP contribution in [0.5, 0.6) is 0 Å². The van der Waals surface area contributed by atoms with Gasteiger partial charge >= 0.3 is 0 Å². The van der Waals surface area contributed by atoms with Gasteiger partial charge in [-0.25, -0.2) is 0 Å². The molecule has 0 aliphatic heterocycles. The highest BCUT2D eigenvalue weighted by Gasteiger charge is 2.21. The van der Waals surface area contributed by atoms with Crippen LogP contribution >= 0.6 is 0 Å². The zero-order valence-corrected chi connectivity index (χ0v) is 11.3. The van der Waals surface area contributed by atoms with Crippen LogP contribution in [-0.2, 0) is 11.2 Å². The molecule has 2 rings (SSSR count). The Balaban J connectivity index is 1.59. The Labute approximate surface area is 117 Å². The molecule has 2 N–H and O–H groups in total. The maximum atomic E-state index is 11.5. The zero-order chi connectivity index (χ0) is 14.4. The molecule has 6 nitrogen and oxygen atoms in total. The monoisotopic (exact) mass is 277 g/mol. The molecule has 0 atom stereocenters. The minimum absolute atomic E-state index is 0.0283. The number of nitrogens with one attached hydrogen (secondary N) is 2. The highest BCUT2D eigenvalue weighted by molar-refractivity contribution is 5.77. The van der Waals surface area contributed by atoms with Crippen LogP contribution < -0.4 is 10.6 Å². The molecule has 0 spiro atoms. The Morgan fingerprint density at radius 3 is 2.60 bits per heavy atom. The minimum Gasteiger partial charge on any atom is -0.355 e. The number of hydrogen-bond donors (Lipinski definition) is 2. The molecular formula is C14H19N3O3. The summed E-state index contributed by atoms with van der Waals surface area (Å²) >= 11 is 0. The summed E-state index contributed by atoms with van der Waals surface area (Å²) in [5.74, 6) is 0.722. The molecule has 1 aromatic rings. The molecule has 0 bridgehead atoms. The van der Waals surface area contributed by atoms with Crippen molar-refractivity contribution in [3.8, 4) is 0 Å². The predicted octanol–water partition coefficient (Wildman–Crippen LogP) is 1.25. The number of non-ortho nitro benzene ring substituents is 1. The van der Waals surface area contributed by atoms with E-state index in [-0.39, 0.29) is 11.6 Å². The lowest BCUT2D eigenvalue weighted by atomic mass is 10.1. The van der Waals surface area contributed by atoms with Crippen molar-refractivity contribution in [2.75, 3.05) is 19.6 Å². The second-order valence-electron chi connectivity index (χ2n) is 5.10. The van der Waals surface area contributed by atoms with Gasteiger partial charge in [-0.1, -0.05) is 12.1 Å². The lowest BCUT2D eigenvalue weighted by Crippen LogP contribution is -2.35. The van der Waals surface area contributed by atoms with Crippen molar-refractivity contribution < 1.29 is 9.72 Å². The summed E-state index contributed by atoms with van der Waals surface area (Å²) in [6, 6.07) is 6.48. The second-order valence-corrected chi connectivity index (χ2v) is 5.10. The molecule has 6 heteroatoms. The molecule has 0 aromatic heterocycles. The number of carbonyl (C=O) groups is 1. The van der Waals surface area contributed by atoms with Crippen molar-refractivity contribution in [3.05, 3.63) is 39.9 Å². The van der Waals surface area contributed by atoms with Crippen molar-refractivity contribution in [1.82, 2.24) is 10.6 Å². The number of benzene rings is 1. The molecule has 1 fully saturated rings. The molecule has 0 saturated heterocycles. The first-order valence-electron chi connectivity index (χ1n) is 6.86. The molecule has 0 unspecified atom stereocenters. The number of hydrogen-bond acceptors (Lipinski definition) is 4. The number of rotatable bonds is 8. The highest BCUT2D eigenvalue weighted by atomic mass is 16.6. The van der Waals surface area contributed by atoms with Crippen LogP contribution in [-0.4, -0.2) is 30.5 Å². The van der Waals surface area contributed by atoms with E-state index in [9.17, 15) is 14.9 Å². The fourth-order valence-electron chi connectivity index (χ4n) is 1.86. The molecule has 1 aliphatic carbocycles. The zero-order valence-electron chi connectivity index (χ0n) is 11.3. The lowest BCUT2D eigenvalue weighted by Gasteiger charge is -2.06. The number of nitrogens with zero attached hydrogens (tertiary/aromatic N) is 1. The van der Waals surface area contributed by atoms with E-state index in [1.165, 1.54) is 25.0 Å². The van der Waals surface area contributed by atoms with E-state index in [1.54, 1.807) is 12.1 Å². The molecule has 1 saturated carbocycles. The SMILES string of the molecule is O=C(CNCCc1ccc([N+](=O)[O-])cc1)NCC1CC1. The molecule has 108 valence electrons. The first-order valence-corrected chi connectivity index (χ1v) is 6.86. The van der Waals surface area contributed by atoms with Crippen molar-refractivity contribution in [2.45, 2.75) is 19.3 Å². The number of carbonyl (C=O) groups excluding carboxylic acids is 1. The predicted molar refractivity (Wildman–Crippen MR) is 75.4 cm³/mol. The van der Waals surface area contributed by atoms with Crippen LogP contribution in [0.2, 0.25) is 0 Å². The van der Waals surface area contributed by atoms with Crippen molar-refractivity contribution in [3.63, 3.8) is 0 Å². The first kappa shape index (κ1) is 14.5. The van der Waals surface area contributed by atoms with Gasteiger partial charge in [0.1, 0.15) is 0 Å². The van der Waals surface area contributed by atoms with Crippen LogP contribution in [0, 0.1) is 16.0 Å². The summed E-state index contributed by atoms with van der Waals surface area (Å²) in [7, 11) is 0. The maximum Gasteiger partial charge on any atom is 0.269 e. The van der Waals surface area contributed by atoms with E-state index in [0.717, 1.165) is 18.5 Å². The molecule has 20 heavy (non-hydrogen) atoms. The van der Waals surface area contributed by atoms with Gasteiger partial charge < -0.3 is 10.6 Å². The Kier molecular flexibility index (Phi) is 5.06. The van der Waals surface area contributed by atoms with E-state index in [0.29, 0.717) is 19.0 Å². The molecular weight excluding hydrogens is 258 g/mol. The maximum absolute atomic E-state index is 11.5. The third kappa shape index (κ3) is 4.97. The summed E-state index contributed by atoms with van der Waals surface area (Å²) in [4.78, 5) is 21.6. The van der Waals surface area contributed by atoms with Crippen LogP contribution in [0.15, 0.2) is 24.3 Å². The Morgan fingerprint density at radius 2 is 2.00 bits per heavy atom. The van der Waals surface area contributed by atoms with Crippen LogP contribution in [0.1, 0.15) is 18.4 Å². The van der Waals surface area contributed by atoms with Gasteiger partial charge in [0.05, 0.1) is 11.5 Å². The third-order valence-corrected chi connectivity index (χ3v) is 3.31. The van der Waals surface area contributed by atoms with E-state index in [2.05, 4.69) is 10.6 Å². The van der Waals surface area contributed by atoms with Crippen molar-refractivity contribution >= 4 is 11.6 Å². The van der Waals surface area contributed by atoms with E-state index in [1.807, 2.05) is 0 Å². The number of amides is 1. The standard InChI is InChI=1S/C14H19N3O3/c18-14(16-9-12-1-2-12)10-15-8-7-11-3-5-13(6-4-11)17(19)20/h3-6,12,15H,1-2,7-10H2,(H,16,18). The van der Waals surface area contributed by atoms with Gasteiger partial charge in [-0.2, -0.15) is 0 Å². The fourth-order valence-corrected chi connectivity index (χ4v) is 1.86. The Hall–Kier alpha value is -1.95. The number of nitro benzene ring substituents is 1. The van der Waals surface area contributed by atoms with Gasteiger partial charge in [0.15, 0.2) is 0 Å². The summed E-state index contributed by atoms with van der Waals surface area (Å²) < 4.78 is 0. The van der Waals surface area contributed by atoms with Crippen molar-refractivity contribution in [1.29, 1.82) is 0 Å². The van der Waals surface area contributed by atoms with Crippen LogP contribution in [0.3, 0.4) is 0 Å². The largest absolute Gasteiger partial charge is 0.355 e. The Morgan fingerprint density at radius 1 is 1.30 bits per heavy atom. The second kappa shape index (κ2) is 7.00. The quantitative estimate of drug-likeness (QED) is 0.425. The van der Waals surface area contributed by atoms with E-state index >= 15 is 0 Å². The first-order chi connectivity index (χ1) is 9.65. The molecule has 1 aliphatic rings. The average Bonchev–Trinajstić information content (AvgIpc) is 3.26. The van der Waals surface area contributed by atoms with Crippen molar-refractivity contribution in [2.24, 2.45) is 5.92 Å². The normalized spacial score (nSPS) is 14.0. The van der Waals surface area contributed by atoms with Gasteiger partial charge in [0.2, 0.25) is 5.91 Å². The third-order valence-electron chi connectivity index (χ3n) is 3.31. The smallest absolute Gasteiger partial charge is 0.269 e. The number of nitro groups is 1. The summed E-state index contributed by atoms with van der Waals surface area (Å²) in [5.41, 5.74) is 1.11. The van der Waals surface area contributed by atoms with Gasteiger partial charge in [0.25, 0.3) is 5.69 Å². The topological polar surface area (TPSA) is 84.3 Å². The molecule has 0 radical (unpaired) electrons. The Bertz CT molecular complexity index is 469. The summed E-state index contributed by atoms with van der Waals surface area (Å²) in [6.45, 7) is 1.79. The molecule has 0 heterocycles. The summed E-state index contributed by atoms with van der Waals surface area (Å²) in [5, 5.41) is 16.5. The highest BCUT2D eigenvalue weighted by Crippen LogP contribution is 2.27. The van der Waals surface area contributed by atoms with Crippen LogP contribution in [0.25, 0.3) is 0 Å². The minimum atomic E-state index is -0.410. The lowest BCUT2D eigenvalue weighted by molar-refractivity contribution is -0.384. The van der Waals surface area contributed by atoms with Gasteiger partial charge in [0, 0.05) is 18.7 Å². The van der Waals surface area contributed by atoms with Crippen LogP contribution in [0.4, 0.5) is 5.69 Å². The van der Waals surface area contributed by atoms with Gasteiger partial charge in [-0.05, 0) is 37.3 Å². The summed E-state index contributed by atoms with van der Waals surface area (Å²) in [6.07, 6.45) is 3.20. The molecule has 1 aromatic carbocycles. The van der Waals surface area contributed by atoms with E-state index in [4.69, 9.17) is 0 Å². The van der Waals surface area contributed by atoms with E-state index < -0.39 is 4.92 Å². The van der Waals surface area contributed by atoms with Gasteiger partial charge in [-0.15, -0.1) is 0 Å².